The fraction of sp³-hybridized carbons (Fsp3) is 0.391. The summed E-state index contributed by atoms with van der Waals surface area (Å²) in [6.45, 7) is 9.04. The number of guanidine groups is 1. The molecule has 3 aromatic rings. The highest BCUT2D eigenvalue weighted by Crippen LogP contribution is 2.18. The van der Waals surface area contributed by atoms with Gasteiger partial charge in [-0.3, -0.25) is 4.99 Å². The molecule has 160 valence electrons. The van der Waals surface area contributed by atoms with Crippen molar-refractivity contribution >= 4 is 41.3 Å². The normalized spacial score (nSPS) is 14.7. The molecule has 0 aliphatic carbocycles. The molecule has 1 aliphatic heterocycles. The molecule has 1 aromatic carbocycles. The lowest BCUT2D eigenvalue weighted by Gasteiger charge is -2.37. The van der Waals surface area contributed by atoms with Crippen LogP contribution in [0.2, 0.25) is 0 Å². The number of aliphatic imine (C=N–C) groups is 1. The zero-order valence-corrected chi connectivity index (χ0v) is 20.3. The number of pyridine rings is 1. The van der Waals surface area contributed by atoms with E-state index in [0.29, 0.717) is 0 Å². The summed E-state index contributed by atoms with van der Waals surface area (Å²) in [5.41, 5.74) is 5.97. The third-order valence-corrected chi connectivity index (χ3v) is 5.55. The molecule has 30 heavy (non-hydrogen) atoms. The molecular weight excluding hydrogens is 487 g/mol. The Labute approximate surface area is 196 Å². The van der Waals surface area contributed by atoms with Crippen LogP contribution < -0.4 is 10.2 Å². The van der Waals surface area contributed by atoms with Gasteiger partial charge in [0.05, 0.1) is 5.69 Å². The summed E-state index contributed by atoms with van der Waals surface area (Å²) in [5.74, 6) is 0.980. The Balaban J connectivity index is 0.00000256. The van der Waals surface area contributed by atoms with Gasteiger partial charge in [0.25, 0.3) is 0 Å². The minimum absolute atomic E-state index is 0. The third kappa shape index (κ3) is 5.06. The Morgan fingerprint density at radius 3 is 2.60 bits per heavy atom. The largest absolute Gasteiger partial charge is 0.368 e. The smallest absolute Gasteiger partial charge is 0.193 e. The van der Waals surface area contributed by atoms with Crippen LogP contribution in [0, 0.1) is 13.8 Å². The number of imidazole rings is 1. The van der Waals surface area contributed by atoms with Gasteiger partial charge in [0, 0.05) is 64.3 Å². The summed E-state index contributed by atoms with van der Waals surface area (Å²) in [7, 11) is 1.86. The third-order valence-electron chi connectivity index (χ3n) is 5.55. The van der Waals surface area contributed by atoms with Gasteiger partial charge >= 0.3 is 0 Å². The first-order valence-electron chi connectivity index (χ1n) is 10.3. The number of rotatable bonds is 4. The standard InChI is InChI=1S/C23H30N6.HI/c1-18-6-4-8-21(16-18)27-12-14-28(15-13-27)23(24-3)25-10-9-20-17-29-11-5-7-19(2)22(29)26-20;/h4-8,11,16-17H,9-10,12-15H2,1-3H3,(H,24,25);1H. The Morgan fingerprint density at radius 1 is 1.10 bits per heavy atom. The summed E-state index contributed by atoms with van der Waals surface area (Å²) < 4.78 is 2.10. The predicted octanol–water partition coefficient (Wildman–Crippen LogP) is 3.51. The van der Waals surface area contributed by atoms with Crippen LogP contribution >= 0.6 is 24.0 Å². The van der Waals surface area contributed by atoms with Crippen LogP contribution in [-0.2, 0) is 6.42 Å². The molecule has 0 radical (unpaired) electrons. The number of aryl methyl sites for hydroxylation is 2. The average Bonchev–Trinajstić information content (AvgIpc) is 3.16. The lowest BCUT2D eigenvalue weighted by atomic mass is 10.2. The van der Waals surface area contributed by atoms with Crippen molar-refractivity contribution in [3.63, 3.8) is 0 Å². The Bertz CT molecular complexity index is 1000. The summed E-state index contributed by atoms with van der Waals surface area (Å²) in [5, 5.41) is 3.52. The maximum Gasteiger partial charge on any atom is 0.193 e. The number of hydrogen-bond donors (Lipinski definition) is 1. The van der Waals surface area contributed by atoms with E-state index in [1.807, 2.05) is 7.05 Å². The van der Waals surface area contributed by atoms with E-state index >= 15 is 0 Å². The summed E-state index contributed by atoms with van der Waals surface area (Å²) >= 11 is 0. The van der Waals surface area contributed by atoms with Crippen molar-refractivity contribution in [2.75, 3.05) is 44.7 Å². The molecule has 0 atom stereocenters. The summed E-state index contributed by atoms with van der Waals surface area (Å²) in [4.78, 5) is 14.1. The van der Waals surface area contributed by atoms with Gasteiger partial charge in [-0.1, -0.05) is 18.2 Å². The van der Waals surface area contributed by atoms with Crippen molar-refractivity contribution in [1.82, 2.24) is 19.6 Å². The molecule has 0 unspecified atom stereocenters. The van der Waals surface area contributed by atoms with Crippen LogP contribution in [0.5, 0.6) is 0 Å². The fourth-order valence-electron chi connectivity index (χ4n) is 3.96. The zero-order valence-electron chi connectivity index (χ0n) is 18.0. The molecule has 3 heterocycles. The van der Waals surface area contributed by atoms with Crippen LogP contribution in [0.4, 0.5) is 5.69 Å². The van der Waals surface area contributed by atoms with Gasteiger partial charge in [-0.05, 0) is 43.2 Å². The van der Waals surface area contributed by atoms with Gasteiger partial charge in [-0.25, -0.2) is 4.98 Å². The Hall–Kier alpha value is -2.29. The first-order chi connectivity index (χ1) is 14.1. The van der Waals surface area contributed by atoms with Gasteiger partial charge in [-0.2, -0.15) is 0 Å². The van der Waals surface area contributed by atoms with Gasteiger partial charge in [0.15, 0.2) is 5.96 Å². The highest BCUT2D eigenvalue weighted by molar-refractivity contribution is 14.0. The molecule has 1 N–H and O–H groups in total. The number of piperazine rings is 1. The van der Waals surface area contributed by atoms with E-state index in [1.54, 1.807) is 0 Å². The Morgan fingerprint density at radius 2 is 1.90 bits per heavy atom. The average molecular weight is 518 g/mol. The number of benzene rings is 1. The van der Waals surface area contributed by atoms with E-state index < -0.39 is 0 Å². The topological polar surface area (TPSA) is 48.2 Å². The van der Waals surface area contributed by atoms with Gasteiger partial charge in [-0.15, -0.1) is 24.0 Å². The monoisotopic (exact) mass is 518 g/mol. The molecule has 0 spiro atoms. The van der Waals surface area contributed by atoms with Crippen molar-refractivity contribution in [2.45, 2.75) is 20.3 Å². The van der Waals surface area contributed by atoms with Crippen LogP contribution in [0.3, 0.4) is 0 Å². The van der Waals surface area contributed by atoms with E-state index in [0.717, 1.165) is 56.4 Å². The molecule has 1 fully saturated rings. The van der Waals surface area contributed by atoms with Crippen molar-refractivity contribution < 1.29 is 0 Å². The quantitative estimate of drug-likeness (QED) is 0.327. The first-order valence-corrected chi connectivity index (χ1v) is 10.3. The maximum absolute atomic E-state index is 4.76. The molecule has 7 heteroatoms. The number of nitrogens with one attached hydrogen (secondary N) is 1. The van der Waals surface area contributed by atoms with Crippen molar-refractivity contribution in [2.24, 2.45) is 4.99 Å². The van der Waals surface area contributed by atoms with Crippen LogP contribution in [0.25, 0.3) is 5.65 Å². The molecule has 1 saturated heterocycles. The zero-order chi connectivity index (χ0) is 20.2. The fourth-order valence-corrected chi connectivity index (χ4v) is 3.96. The lowest BCUT2D eigenvalue weighted by Crippen LogP contribution is -2.52. The van der Waals surface area contributed by atoms with Gasteiger partial charge in [0.2, 0.25) is 0 Å². The number of fused-ring (bicyclic) bond motifs is 1. The van der Waals surface area contributed by atoms with Crippen molar-refractivity contribution in [3.8, 4) is 0 Å². The number of aromatic nitrogens is 2. The molecule has 0 amide bonds. The second kappa shape index (κ2) is 10.1. The van der Waals surface area contributed by atoms with E-state index in [2.05, 4.69) is 87.1 Å². The second-order valence-corrected chi connectivity index (χ2v) is 7.69. The van der Waals surface area contributed by atoms with Crippen molar-refractivity contribution in [1.29, 1.82) is 0 Å². The van der Waals surface area contributed by atoms with E-state index in [9.17, 15) is 0 Å². The number of hydrogen-bond acceptors (Lipinski definition) is 3. The molecule has 2 aromatic heterocycles. The second-order valence-electron chi connectivity index (χ2n) is 7.69. The van der Waals surface area contributed by atoms with Crippen LogP contribution in [0.1, 0.15) is 16.8 Å². The van der Waals surface area contributed by atoms with Crippen molar-refractivity contribution in [3.05, 3.63) is 65.6 Å². The lowest BCUT2D eigenvalue weighted by molar-refractivity contribution is 0.373. The van der Waals surface area contributed by atoms with E-state index in [1.165, 1.54) is 16.8 Å². The van der Waals surface area contributed by atoms with Crippen LogP contribution in [0.15, 0.2) is 53.8 Å². The van der Waals surface area contributed by atoms with Gasteiger partial charge < -0.3 is 19.5 Å². The molecular formula is C23H31IN6. The number of anilines is 1. The molecule has 0 saturated carbocycles. The summed E-state index contributed by atoms with van der Waals surface area (Å²) in [6.07, 6.45) is 5.05. The minimum atomic E-state index is 0. The van der Waals surface area contributed by atoms with E-state index in [4.69, 9.17) is 4.98 Å². The minimum Gasteiger partial charge on any atom is -0.368 e. The van der Waals surface area contributed by atoms with E-state index in [-0.39, 0.29) is 24.0 Å². The Kier molecular flexibility index (Phi) is 7.58. The predicted molar refractivity (Wildman–Crippen MR) is 135 cm³/mol. The highest BCUT2D eigenvalue weighted by atomic mass is 127. The first kappa shape index (κ1) is 22.4. The molecule has 0 bridgehead atoms. The SMILES string of the molecule is CN=C(NCCc1cn2cccc(C)c2n1)N1CCN(c2cccc(C)c2)CC1.I. The molecule has 6 nitrogen and oxygen atoms in total. The van der Waals surface area contributed by atoms with Gasteiger partial charge in [0.1, 0.15) is 5.65 Å². The maximum atomic E-state index is 4.76. The summed E-state index contributed by atoms with van der Waals surface area (Å²) in [6, 6.07) is 12.9. The molecule has 1 aliphatic rings. The number of nitrogens with zero attached hydrogens (tertiary/aromatic N) is 5. The number of halogens is 1. The highest BCUT2D eigenvalue weighted by Gasteiger charge is 2.19. The van der Waals surface area contributed by atoms with Crippen LogP contribution in [-0.4, -0.2) is 60.0 Å². The molecule has 4 rings (SSSR count).